The van der Waals surface area contributed by atoms with Gasteiger partial charge in [0, 0.05) is 27.7 Å². The molecule has 1 fully saturated rings. The zero-order valence-electron chi connectivity index (χ0n) is 18.6. The summed E-state index contributed by atoms with van der Waals surface area (Å²) in [5, 5.41) is 12.9. The van der Waals surface area contributed by atoms with Crippen molar-refractivity contribution in [3.05, 3.63) is 97.0 Å². The molecular weight excluding hydrogens is 585 g/mol. The van der Waals surface area contributed by atoms with Crippen LogP contribution in [0.4, 0.5) is 16.2 Å². The van der Waals surface area contributed by atoms with Gasteiger partial charge in [0.1, 0.15) is 10.5 Å². The molecule has 0 spiro atoms. The maximum atomic E-state index is 13.2. The number of carbonyl (C=O) groups excluding carboxylic acids is 3. The fourth-order valence-electron chi connectivity index (χ4n) is 3.31. The van der Waals surface area contributed by atoms with Crippen molar-refractivity contribution in [2.75, 3.05) is 4.90 Å². The summed E-state index contributed by atoms with van der Waals surface area (Å²) in [6.07, 6.45) is 0.951. The summed E-state index contributed by atoms with van der Waals surface area (Å²) in [5.41, 5.74) is -1.13. The fraction of sp³-hybridized carbons (Fsp3) is 0. The molecule has 3 aromatic rings. The number of halogens is 3. The molecule has 194 valence electrons. The Labute approximate surface area is 229 Å². The van der Waals surface area contributed by atoms with Crippen molar-refractivity contribution in [2.24, 2.45) is 0 Å². The third-order valence-corrected chi connectivity index (χ3v) is 7.04. The van der Waals surface area contributed by atoms with Crippen LogP contribution >= 0.6 is 34.8 Å². The molecule has 1 N–H and O–H groups in total. The van der Waals surface area contributed by atoms with Gasteiger partial charge in [0.25, 0.3) is 17.5 Å². The predicted molar refractivity (Wildman–Crippen MR) is 138 cm³/mol. The molecule has 1 aliphatic rings. The number of amides is 4. The molecule has 38 heavy (non-hydrogen) atoms. The number of non-ortho nitro benzene ring substituents is 1. The van der Waals surface area contributed by atoms with Gasteiger partial charge in [-0.1, -0.05) is 34.8 Å². The van der Waals surface area contributed by atoms with Crippen LogP contribution in [0.5, 0.6) is 5.75 Å². The number of imide groups is 2. The summed E-state index contributed by atoms with van der Waals surface area (Å²) in [4.78, 5) is 48.8. The van der Waals surface area contributed by atoms with Crippen LogP contribution in [0.15, 0.2) is 71.1 Å². The van der Waals surface area contributed by atoms with Crippen LogP contribution in [0.2, 0.25) is 15.1 Å². The first-order chi connectivity index (χ1) is 17.9. The molecule has 0 atom stereocenters. The Morgan fingerprint density at radius 1 is 0.921 bits per heavy atom. The molecule has 3 aromatic carbocycles. The number of rotatable bonds is 6. The maximum absolute atomic E-state index is 13.2. The number of barbiturate groups is 1. The van der Waals surface area contributed by atoms with Gasteiger partial charge in [-0.2, -0.15) is 8.42 Å². The van der Waals surface area contributed by atoms with Crippen LogP contribution < -0.4 is 14.4 Å². The monoisotopic (exact) mass is 595 g/mol. The summed E-state index contributed by atoms with van der Waals surface area (Å²) >= 11 is 18.1. The van der Waals surface area contributed by atoms with Gasteiger partial charge in [0.2, 0.25) is 0 Å². The van der Waals surface area contributed by atoms with Crippen LogP contribution in [-0.4, -0.2) is 31.2 Å². The van der Waals surface area contributed by atoms with E-state index >= 15 is 0 Å². The zero-order chi connectivity index (χ0) is 27.8. The standard InChI is InChI=1S/C23H12Cl3N3O8S/c24-13-1-7-17(8-2-13)38(35,36)37-20-12(9-14(25)11-19(20)26)10-18-21(30)27-23(32)28(22(18)31)15-3-5-16(6-4-15)29(33)34/h1-11H,(H,27,30,32)/b18-10+. The zero-order valence-corrected chi connectivity index (χ0v) is 21.6. The second-order valence-electron chi connectivity index (χ2n) is 7.53. The van der Waals surface area contributed by atoms with Gasteiger partial charge in [-0.25, -0.2) is 9.69 Å². The molecule has 4 amide bonds. The number of hydrogen-bond acceptors (Lipinski definition) is 8. The number of anilines is 1. The highest BCUT2D eigenvalue weighted by molar-refractivity contribution is 7.87. The maximum Gasteiger partial charge on any atom is 0.339 e. The minimum Gasteiger partial charge on any atom is -0.377 e. The summed E-state index contributed by atoms with van der Waals surface area (Å²) in [6, 6.07) is 10.8. The number of nitrogens with zero attached hydrogens (tertiary/aromatic N) is 2. The largest absolute Gasteiger partial charge is 0.377 e. The van der Waals surface area contributed by atoms with E-state index in [2.05, 4.69) is 0 Å². The molecule has 1 aliphatic heterocycles. The molecule has 0 unspecified atom stereocenters. The highest BCUT2D eigenvalue weighted by Gasteiger charge is 2.37. The molecule has 4 rings (SSSR count). The molecular formula is C23H12Cl3N3O8S. The quantitative estimate of drug-likeness (QED) is 0.137. The minimum absolute atomic E-state index is 0.0186. The van der Waals surface area contributed by atoms with E-state index in [0.29, 0.717) is 4.90 Å². The Bertz CT molecular complexity index is 1640. The summed E-state index contributed by atoms with van der Waals surface area (Å²) in [7, 11) is -4.45. The van der Waals surface area contributed by atoms with Crippen molar-refractivity contribution in [1.82, 2.24) is 5.32 Å². The van der Waals surface area contributed by atoms with Crippen LogP contribution in [0.1, 0.15) is 5.56 Å². The van der Waals surface area contributed by atoms with E-state index < -0.39 is 44.2 Å². The average Bonchev–Trinajstić information content (AvgIpc) is 2.84. The Kier molecular flexibility index (Phi) is 7.42. The van der Waals surface area contributed by atoms with Gasteiger partial charge in [0.05, 0.1) is 15.6 Å². The summed E-state index contributed by atoms with van der Waals surface area (Å²) in [6.45, 7) is 0. The van der Waals surface area contributed by atoms with Crippen molar-refractivity contribution >= 4 is 80.2 Å². The Hall–Kier alpha value is -3.97. The van der Waals surface area contributed by atoms with Crippen LogP contribution in [-0.2, 0) is 19.7 Å². The summed E-state index contributed by atoms with van der Waals surface area (Å²) < 4.78 is 30.9. The SMILES string of the molecule is O=C1NC(=O)N(c2ccc([N+](=O)[O-])cc2)C(=O)/C1=C/c1cc(Cl)cc(Cl)c1OS(=O)(=O)c1ccc(Cl)cc1. The lowest BCUT2D eigenvalue weighted by Crippen LogP contribution is -2.54. The second kappa shape index (κ2) is 10.4. The Morgan fingerprint density at radius 2 is 1.55 bits per heavy atom. The van der Waals surface area contributed by atoms with Crippen molar-refractivity contribution in [3.63, 3.8) is 0 Å². The van der Waals surface area contributed by atoms with Gasteiger partial charge in [-0.05, 0) is 54.6 Å². The van der Waals surface area contributed by atoms with E-state index in [-0.39, 0.29) is 36.9 Å². The van der Waals surface area contributed by atoms with E-state index in [1.165, 1.54) is 36.4 Å². The molecule has 0 bridgehead atoms. The predicted octanol–water partition coefficient (Wildman–Crippen LogP) is 4.99. The minimum atomic E-state index is -4.45. The molecule has 0 radical (unpaired) electrons. The highest BCUT2D eigenvalue weighted by atomic mass is 35.5. The van der Waals surface area contributed by atoms with E-state index in [1.807, 2.05) is 5.32 Å². The van der Waals surface area contributed by atoms with E-state index in [4.69, 9.17) is 39.0 Å². The van der Waals surface area contributed by atoms with E-state index in [0.717, 1.165) is 30.3 Å². The van der Waals surface area contributed by atoms with Gasteiger partial charge >= 0.3 is 16.1 Å². The van der Waals surface area contributed by atoms with E-state index in [1.54, 1.807) is 0 Å². The number of urea groups is 1. The van der Waals surface area contributed by atoms with Crippen LogP contribution in [0.3, 0.4) is 0 Å². The third kappa shape index (κ3) is 5.48. The van der Waals surface area contributed by atoms with Crippen LogP contribution in [0, 0.1) is 10.1 Å². The number of carbonyl (C=O) groups is 3. The topological polar surface area (TPSA) is 153 Å². The molecule has 0 aromatic heterocycles. The van der Waals surface area contributed by atoms with Gasteiger partial charge in [-0.15, -0.1) is 0 Å². The lowest BCUT2D eigenvalue weighted by Gasteiger charge is -2.26. The molecule has 0 saturated carbocycles. The molecule has 11 nitrogen and oxygen atoms in total. The van der Waals surface area contributed by atoms with Gasteiger partial charge < -0.3 is 4.18 Å². The first-order valence-corrected chi connectivity index (χ1v) is 12.8. The summed E-state index contributed by atoms with van der Waals surface area (Å²) in [5.74, 6) is -2.64. The number of nitro groups is 1. The molecule has 0 aliphatic carbocycles. The van der Waals surface area contributed by atoms with Crippen LogP contribution in [0.25, 0.3) is 6.08 Å². The Balaban J connectivity index is 1.77. The van der Waals surface area contributed by atoms with Crippen molar-refractivity contribution < 1.29 is 31.9 Å². The lowest BCUT2D eigenvalue weighted by molar-refractivity contribution is -0.384. The number of nitrogens with one attached hydrogen (secondary N) is 1. The first-order valence-electron chi connectivity index (χ1n) is 10.2. The Morgan fingerprint density at radius 3 is 2.16 bits per heavy atom. The number of hydrogen-bond donors (Lipinski definition) is 1. The molecule has 15 heteroatoms. The van der Waals surface area contributed by atoms with Gasteiger partial charge in [0.15, 0.2) is 5.75 Å². The highest BCUT2D eigenvalue weighted by Crippen LogP contribution is 2.36. The van der Waals surface area contributed by atoms with Crippen molar-refractivity contribution in [1.29, 1.82) is 0 Å². The first kappa shape index (κ1) is 27.1. The third-order valence-electron chi connectivity index (χ3n) is 5.05. The van der Waals surface area contributed by atoms with E-state index in [9.17, 15) is 32.9 Å². The smallest absolute Gasteiger partial charge is 0.339 e. The average molecular weight is 597 g/mol. The number of benzene rings is 3. The molecule has 1 saturated heterocycles. The van der Waals surface area contributed by atoms with Crippen molar-refractivity contribution in [2.45, 2.75) is 4.90 Å². The van der Waals surface area contributed by atoms with Gasteiger partial charge in [-0.3, -0.25) is 25.0 Å². The van der Waals surface area contributed by atoms with Crippen molar-refractivity contribution in [3.8, 4) is 5.75 Å². The normalized spacial score (nSPS) is 15.0. The number of nitro benzene ring substituents is 1. The fourth-order valence-corrected chi connectivity index (χ4v) is 5.00. The second-order valence-corrected chi connectivity index (χ2v) is 10.4. The molecule has 1 heterocycles. The lowest BCUT2D eigenvalue weighted by atomic mass is 10.1.